The molecule has 0 bridgehead atoms. The summed E-state index contributed by atoms with van der Waals surface area (Å²) in [4.78, 5) is 50.6. The van der Waals surface area contributed by atoms with Gasteiger partial charge in [-0.1, -0.05) is 41.9 Å². The Morgan fingerprint density at radius 3 is 2.35 bits per heavy atom. The van der Waals surface area contributed by atoms with Crippen LogP contribution in [0.1, 0.15) is 39.2 Å². The number of primary amides is 1. The van der Waals surface area contributed by atoms with E-state index in [4.69, 9.17) is 22.1 Å². The molecule has 0 aliphatic carbocycles. The average molecular weight is 563 g/mol. The van der Waals surface area contributed by atoms with Crippen LogP contribution in [0.2, 0.25) is 5.02 Å². The molecule has 11 heteroatoms. The molecule has 1 unspecified atom stereocenters. The number of hydrogen-bond donors (Lipinski definition) is 2. The molecular weight excluding hydrogens is 539 g/mol. The molecule has 4 aromatic rings. The molecule has 0 saturated heterocycles. The first-order chi connectivity index (χ1) is 19.1. The molecule has 1 aromatic heterocycles. The summed E-state index contributed by atoms with van der Waals surface area (Å²) < 4.78 is 20.8. The normalized spacial score (nSPS) is 11.5. The zero-order chi connectivity index (χ0) is 29.0. The number of hydrogen-bond acceptors (Lipinski definition) is 6. The monoisotopic (exact) mass is 562 g/mol. The molecule has 1 atom stereocenters. The average Bonchev–Trinajstić information content (AvgIpc) is 2.92. The van der Waals surface area contributed by atoms with E-state index in [-0.39, 0.29) is 34.9 Å². The molecule has 0 aliphatic heterocycles. The fourth-order valence-electron chi connectivity index (χ4n) is 4.21. The number of ether oxygens (including phenoxy) is 1. The van der Waals surface area contributed by atoms with Gasteiger partial charge in [0.15, 0.2) is 5.78 Å². The van der Waals surface area contributed by atoms with Crippen molar-refractivity contribution >= 4 is 34.9 Å². The minimum absolute atomic E-state index is 0.0212. The van der Waals surface area contributed by atoms with E-state index in [1.807, 2.05) is 6.07 Å². The molecule has 0 spiro atoms. The second-order valence-electron chi connectivity index (χ2n) is 8.85. The molecular formula is C29H24ClFN4O5. The summed E-state index contributed by atoms with van der Waals surface area (Å²) in [6.45, 7) is 1.38. The Bertz CT molecular complexity index is 1670. The minimum atomic E-state index is -1.19. The summed E-state index contributed by atoms with van der Waals surface area (Å²) in [6.07, 6.45) is 0.0554. The first-order valence-corrected chi connectivity index (χ1v) is 12.4. The van der Waals surface area contributed by atoms with Crippen LogP contribution < -0.4 is 21.3 Å². The standard InChI is InChI=1S/C29H24ClFN4O5/c1-16(36)20-10-8-18(30)13-22(20)23-15-26(37)35(34-29(23)40-2)25(12-17-6-4-3-5-7-17)28(39)33-19-9-11-21(27(32)38)24(31)14-19/h3-11,13-15,25H,12H2,1-2H3,(H2,32,38)(H,33,39). The molecule has 0 radical (unpaired) electrons. The second-order valence-corrected chi connectivity index (χ2v) is 9.29. The van der Waals surface area contributed by atoms with Gasteiger partial charge in [0.05, 0.1) is 18.2 Å². The van der Waals surface area contributed by atoms with Crippen LogP contribution in [0.15, 0.2) is 77.6 Å². The van der Waals surface area contributed by atoms with Crippen molar-refractivity contribution in [3.8, 4) is 17.0 Å². The number of amides is 2. The van der Waals surface area contributed by atoms with Crippen molar-refractivity contribution < 1.29 is 23.5 Å². The van der Waals surface area contributed by atoms with E-state index in [0.717, 1.165) is 22.4 Å². The number of nitrogens with one attached hydrogen (secondary N) is 1. The fourth-order valence-corrected chi connectivity index (χ4v) is 4.38. The lowest BCUT2D eigenvalue weighted by Gasteiger charge is -2.20. The number of carbonyl (C=O) groups excluding carboxylic acids is 3. The lowest BCUT2D eigenvalue weighted by Crippen LogP contribution is -2.36. The van der Waals surface area contributed by atoms with Gasteiger partial charge in [-0.15, -0.1) is 5.10 Å². The van der Waals surface area contributed by atoms with E-state index < -0.39 is 29.2 Å². The molecule has 2 amide bonds. The van der Waals surface area contributed by atoms with E-state index in [9.17, 15) is 23.6 Å². The fraction of sp³-hybridized carbons (Fsp3) is 0.138. The number of carbonyl (C=O) groups is 3. The van der Waals surface area contributed by atoms with Crippen LogP contribution in [0.3, 0.4) is 0 Å². The van der Waals surface area contributed by atoms with Crippen molar-refractivity contribution in [2.24, 2.45) is 5.73 Å². The summed E-state index contributed by atoms with van der Waals surface area (Å²) in [5, 5.41) is 7.25. The number of ketones is 1. The molecule has 3 N–H and O–H groups in total. The van der Waals surface area contributed by atoms with Crippen molar-refractivity contribution in [3.05, 3.63) is 111 Å². The number of nitrogens with zero attached hydrogens (tertiary/aromatic N) is 2. The van der Waals surface area contributed by atoms with Gasteiger partial charge >= 0.3 is 0 Å². The summed E-state index contributed by atoms with van der Waals surface area (Å²) >= 11 is 6.17. The van der Waals surface area contributed by atoms with Gasteiger partial charge in [0, 0.05) is 28.8 Å². The van der Waals surface area contributed by atoms with Gasteiger partial charge in [-0.2, -0.15) is 0 Å². The van der Waals surface area contributed by atoms with Gasteiger partial charge < -0.3 is 15.8 Å². The van der Waals surface area contributed by atoms with Gasteiger partial charge in [0.1, 0.15) is 11.9 Å². The number of nitrogens with two attached hydrogens (primary N) is 1. The largest absolute Gasteiger partial charge is 0.480 e. The maximum absolute atomic E-state index is 14.3. The molecule has 9 nitrogen and oxygen atoms in total. The van der Waals surface area contributed by atoms with Crippen LogP contribution in [0.4, 0.5) is 10.1 Å². The number of rotatable bonds is 9. The maximum Gasteiger partial charge on any atom is 0.268 e. The molecule has 204 valence electrons. The zero-order valence-corrected chi connectivity index (χ0v) is 22.2. The number of Topliss-reactive ketones (excluding diaryl/α,β-unsaturated/α-hetero) is 1. The van der Waals surface area contributed by atoms with E-state index in [2.05, 4.69) is 10.4 Å². The second kappa shape index (κ2) is 11.9. The quantitative estimate of drug-likeness (QED) is 0.290. The summed E-state index contributed by atoms with van der Waals surface area (Å²) in [5.41, 5.74) is 5.82. The molecule has 0 aliphatic rings. The highest BCUT2D eigenvalue weighted by Gasteiger charge is 2.27. The van der Waals surface area contributed by atoms with Crippen LogP contribution in [-0.2, 0) is 11.2 Å². The van der Waals surface area contributed by atoms with Crippen molar-refractivity contribution in [2.75, 3.05) is 12.4 Å². The Labute approximate surface area is 233 Å². The summed E-state index contributed by atoms with van der Waals surface area (Å²) in [5.74, 6) is -2.81. The molecule has 0 fully saturated rings. The molecule has 3 aromatic carbocycles. The smallest absolute Gasteiger partial charge is 0.268 e. The van der Waals surface area contributed by atoms with Crippen molar-refractivity contribution in [3.63, 3.8) is 0 Å². The van der Waals surface area contributed by atoms with Gasteiger partial charge in [-0.05, 0) is 54.4 Å². The Morgan fingerprint density at radius 1 is 1.02 bits per heavy atom. The third kappa shape index (κ3) is 6.08. The summed E-state index contributed by atoms with van der Waals surface area (Å²) in [6, 6.07) is 17.0. The lowest BCUT2D eigenvalue weighted by atomic mass is 9.98. The van der Waals surface area contributed by atoms with Crippen molar-refractivity contribution in [2.45, 2.75) is 19.4 Å². The van der Waals surface area contributed by atoms with E-state index >= 15 is 0 Å². The molecule has 1 heterocycles. The third-order valence-electron chi connectivity index (χ3n) is 6.14. The highest BCUT2D eigenvalue weighted by Crippen LogP contribution is 2.32. The van der Waals surface area contributed by atoms with Crippen molar-refractivity contribution in [1.29, 1.82) is 0 Å². The first-order valence-electron chi connectivity index (χ1n) is 12.0. The maximum atomic E-state index is 14.3. The number of anilines is 1. The van der Waals surface area contributed by atoms with Crippen LogP contribution in [-0.4, -0.2) is 34.5 Å². The SMILES string of the molecule is COc1nn(C(Cc2ccccc2)C(=O)Nc2ccc(C(N)=O)c(F)c2)c(=O)cc1-c1cc(Cl)ccc1C(C)=O. The Kier molecular flexibility index (Phi) is 8.40. The van der Waals surface area contributed by atoms with Crippen LogP contribution in [0.25, 0.3) is 11.1 Å². The first kappa shape index (κ1) is 28.2. The zero-order valence-electron chi connectivity index (χ0n) is 21.5. The van der Waals surface area contributed by atoms with Gasteiger partial charge in [0.2, 0.25) is 11.8 Å². The van der Waals surface area contributed by atoms with Crippen LogP contribution in [0.5, 0.6) is 5.88 Å². The highest BCUT2D eigenvalue weighted by atomic mass is 35.5. The highest BCUT2D eigenvalue weighted by molar-refractivity contribution is 6.31. The van der Waals surface area contributed by atoms with Crippen LogP contribution in [0, 0.1) is 5.82 Å². The Morgan fingerprint density at radius 2 is 1.73 bits per heavy atom. The van der Waals surface area contributed by atoms with E-state index in [1.54, 1.807) is 36.4 Å². The molecule has 4 rings (SSSR count). The van der Waals surface area contributed by atoms with Crippen LogP contribution >= 0.6 is 11.6 Å². The van der Waals surface area contributed by atoms with Gasteiger partial charge in [-0.3, -0.25) is 19.2 Å². The molecule has 40 heavy (non-hydrogen) atoms. The van der Waals surface area contributed by atoms with E-state index in [0.29, 0.717) is 16.1 Å². The van der Waals surface area contributed by atoms with Crippen molar-refractivity contribution in [1.82, 2.24) is 9.78 Å². The Hall–Kier alpha value is -4.83. The predicted molar refractivity (Wildman–Crippen MR) is 148 cm³/mol. The number of halogens is 2. The number of methoxy groups -OCH3 is 1. The predicted octanol–water partition coefficient (Wildman–Crippen LogP) is 4.44. The molecule has 0 saturated carbocycles. The number of aromatic nitrogens is 2. The lowest BCUT2D eigenvalue weighted by molar-refractivity contribution is -0.119. The summed E-state index contributed by atoms with van der Waals surface area (Å²) in [7, 11) is 1.34. The van der Waals surface area contributed by atoms with Gasteiger partial charge in [-0.25, -0.2) is 9.07 Å². The number of benzene rings is 3. The Balaban J connectivity index is 1.80. The van der Waals surface area contributed by atoms with E-state index in [1.165, 1.54) is 32.2 Å². The third-order valence-corrected chi connectivity index (χ3v) is 6.37. The topological polar surface area (TPSA) is 133 Å². The minimum Gasteiger partial charge on any atom is -0.480 e. The van der Waals surface area contributed by atoms with Gasteiger partial charge in [0.25, 0.3) is 11.5 Å².